The minimum Gasteiger partial charge on any atom is -0.317 e. The third-order valence-electron chi connectivity index (χ3n) is 6.36. The van der Waals surface area contributed by atoms with E-state index in [4.69, 9.17) is 4.98 Å². The van der Waals surface area contributed by atoms with Crippen LogP contribution >= 0.6 is 23.1 Å². The van der Waals surface area contributed by atoms with Gasteiger partial charge in [-0.25, -0.2) is 4.98 Å². The lowest BCUT2D eigenvalue weighted by molar-refractivity contribution is -0.115. The second-order valence-electron chi connectivity index (χ2n) is 8.75. The van der Waals surface area contributed by atoms with Gasteiger partial charge in [-0.2, -0.15) is 10.5 Å². The SMILES string of the molecule is N#Cc1c(-c2ccccc2)cc(-c2ccccc2)nc1SCCC(=O)Nc1sc2c(c1C#N)CCCC2. The number of fused-ring (bicyclic) bond motifs is 1. The Morgan fingerprint density at radius 1 is 0.946 bits per heavy atom. The number of thioether (sulfide) groups is 1. The minimum absolute atomic E-state index is 0.136. The Morgan fingerprint density at radius 3 is 2.32 bits per heavy atom. The van der Waals surface area contributed by atoms with Crippen molar-refractivity contribution in [1.29, 1.82) is 10.5 Å². The number of hydrogen-bond donors (Lipinski definition) is 1. The number of thiophene rings is 1. The number of rotatable bonds is 7. The molecule has 0 atom stereocenters. The molecule has 0 unspecified atom stereocenters. The number of aryl methyl sites for hydroxylation is 1. The first-order valence-corrected chi connectivity index (χ1v) is 14.0. The fourth-order valence-corrected chi connectivity index (χ4v) is 6.74. The summed E-state index contributed by atoms with van der Waals surface area (Å²) in [6.45, 7) is 0. The van der Waals surface area contributed by atoms with E-state index in [1.807, 2.05) is 66.7 Å². The Hall–Kier alpha value is -3.91. The Balaban J connectivity index is 1.36. The van der Waals surface area contributed by atoms with Crippen LogP contribution in [-0.2, 0) is 17.6 Å². The molecule has 2 aromatic carbocycles. The van der Waals surface area contributed by atoms with Crippen molar-refractivity contribution in [2.75, 3.05) is 11.1 Å². The van der Waals surface area contributed by atoms with Gasteiger partial charge in [0.25, 0.3) is 0 Å². The van der Waals surface area contributed by atoms with E-state index in [0.717, 1.165) is 53.6 Å². The van der Waals surface area contributed by atoms with Crippen molar-refractivity contribution >= 4 is 34.0 Å². The average Bonchev–Trinajstić information content (AvgIpc) is 3.30. The molecule has 1 N–H and O–H groups in total. The van der Waals surface area contributed by atoms with Gasteiger partial charge < -0.3 is 5.32 Å². The highest BCUT2D eigenvalue weighted by atomic mass is 32.2. The van der Waals surface area contributed by atoms with Crippen molar-refractivity contribution in [2.45, 2.75) is 37.1 Å². The number of nitriles is 2. The second kappa shape index (κ2) is 11.4. The van der Waals surface area contributed by atoms with Gasteiger partial charge >= 0.3 is 0 Å². The molecule has 0 saturated carbocycles. The molecule has 0 spiro atoms. The Bertz CT molecular complexity index is 1520. The van der Waals surface area contributed by atoms with Crippen LogP contribution in [0.5, 0.6) is 0 Å². The van der Waals surface area contributed by atoms with Gasteiger partial charge in [0.15, 0.2) is 0 Å². The van der Waals surface area contributed by atoms with Gasteiger partial charge in [-0.1, -0.05) is 60.7 Å². The zero-order valence-electron chi connectivity index (χ0n) is 20.2. The molecule has 5 rings (SSSR count). The maximum absolute atomic E-state index is 12.8. The number of anilines is 1. The standard InChI is InChI=1S/C30H24N4OS2/c31-18-24-22-13-7-8-14-27(22)37-30(24)34-28(35)15-16-36-29-25(19-32)23(20-9-3-1-4-10-20)17-26(33-29)21-11-5-2-6-12-21/h1-6,9-12,17H,7-8,13-16H2,(H,34,35). The van der Waals surface area contributed by atoms with Crippen molar-refractivity contribution in [3.63, 3.8) is 0 Å². The predicted molar refractivity (Wildman–Crippen MR) is 149 cm³/mol. The highest BCUT2D eigenvalue weighted by molar-refractivity contribution is 7.99. The van der Waals surface area contributed by atoms with Gasteiger partial charge in [-0.05, 0) is 42.9 Å². The van der Waals surface area contributed by atoms with E-state index in [0.29, 0.717) is 26.9 Å². The maximum atomic E-state index is 12.8. The largest absolute Gasteiger partial charge is 0.317 e. The van der Waals surface area contributed by atoms with Crippen LogP contribution in [0.15, 0.2) is 71.8 Å². The molecule has 182 valence electrons. The topological polar surface area (TPSA) is 89.6 Å². The number of aromatic nitrogens is 1. The first kappa shape index (κ1) is 24.8. The van der Waals surface area contributed by atoms with Gasteiger partial charge in [0.2, 0.25) is 5.91 Å². The summed E-state index contributed by atoms with van der Waals surface area (Å²) in [5.74, 6) is 0.330. The zero-order chi connectivity index (χ0) is 25.6. The minimum atomic E-state index is -0.136. The molecule has 0 bridgehead atoms. The van der Waals surface area contributed by atoms with E-state index in [9.17, 15) is 15.3 Å². The van der Waals surface area contributed by atoms with Crippen LogP contribution in [-0.4, -0.2) is 16.6 Å². The third kappa shape index (κ3) is 5.44. The molecule has 2 heterocycles. The number of carbonyl (C=O) groups excluding carboxylic acids is 1. The number of pyridine rings is 1. The Kier molecular flexibility index (Phi) is 7.65. The van der Waals surface area contributed by atoms with Crippen molar-refractivity contribution in [2.24, 2.45) is 0 Å². The molecular formula is C30H24N4OS2. The van der Waals surface area contributed by atoms with Crippen LogP contribution in [0.4, 0.5) is 5.00 Å². The molecule has 1 aliphatic carbocycles. The molecule has 37 heavy (non-hydrogen) atoms. The normalized spacial score (nSPS) is 12.3. The first-order valence-electron chi connectivity index (χ1n) is 12.2. The number of amides is 1. The number of nitrogens with zero attached hydrogens (tertiary/aromatic N) is 3. The van der Waals surface area contributed by atoms with Crippen molar-refractivity contribution in [3.8, 4) is 34.5 Å². The summed E-state index contributed by atoms with van der Waals surface area (Å²) >= 11 is 2.94. The average molecular weight is 521 g/mol. The van der Waals surface area contributed by atoms with Gasteiger partial charge in [-0.15, -0.1) is 23.1 Å². The molecule has 1 amide bonds. The molecule has 1 aliphatic rings. The summed E-state index contributed by atoms with van der Waals surface area (Å²) in [6, 6.07) is 26.3. The smallest absolute Gasteiger partial charge is 0.225 e. The molecule has 5 nitrogen and oxygen atoms in total. The van der Waals surface area contributed by atoms with Crippen LogP contribution in [0.3, 0.4) is 0 Å². The molecule has 0 fully saturated rings. The summed E-state index contributed by atoms with van der Waals surface area (Å²) in [5, 5.41) is 24.0. The lowest BCUT2D eigenvalue weighted by atomic mass is 9.96. The molecule has 0 radical (unpaired) electrons. The molecule has 0 aliphatic heterocycles. The number of benzene rings is 2. The maximum Gasteiger partial charge on any atom is 0.225 e. The van der Waals surface area contributed by atoms with Crippen LogP contribution in [0, 0.1) is 22.7 Å². The summed E-state index contributed by atoms with van der Waals surface area (Å²) in [4.78, 5) is 18.8. The molecule has 2 aromatic heterocycles. The van der Waals surface area contributed by atoms with Crippen LogP contribution in [0.25, 0.3) is 22.4 Å². The van der Waals surface area contributed by atoms with Crippen molar-refractivity contribution in [3.05, 3.63) is 88.3 Å². The lowest BCUT2D eigenvalue weighted by Crippen LogP contribution is -2.12. The summed E-state index contributed by atoms with van der Waals surface area (Å²) in [7, 11) is 0. The second-order valence-corrected chi connectivity index (χ2v) is 10.9. The quantitative estimate of drug-likeness (QED) is 0.260. The lowest BCUT2D eigenvalue weighted by Gasteiger charge is -2.12. The van der Waals surface area contributed by atoms with Gasteiger partial charge in [-0.3, -0.25) is 4.79 Å². The van der Waals surface area contributed by atoms with Crippen LogP contribution < -0.4 is 5.32 Å². The van der Waals surface area contributed by atoms with E-state index in [2.05, 4.69) is 17.5 Å². The summed E-state index contributed by atoms with van der Waals surface area (Å²) in [5.41, 5.74) is 5.77. The molecular weight excluding hydrogens is 496 g/mol. The van der Waals surface area contributed by atoms with Crippen molar-refractivity contribution < 1.29 is 4.79 Å². The Labute approximate surface area is 224 Å². The van der Waals surface area contributed by atoms with Gasteiger partial charge in [0.05, 0.1) is 16.8 Å². The van der Waals surface area contributed by atoms with E-state index < -0.39 is 0 Å². The number of carbonyl (C=O) groups is 1. The van der Waals surface area contributed by atoms with Gasteiger partial charge in [0, 0.05) is 28.2 Å². The number of hydrogen-bond acceptors (Lipinski definition) is 6. The molecule has 7 heteroatoms. The van der Waals surface area contributed by atoms with E-state index in [-0.39, 0.29) is 12.3 Å². The monoisotopic (exact) mass is 520 g/mol. The zero-order valence-corrected chi connectivity index (χ0v) is 21.8. The summed E-state index contributed by atoms with van der Waals surface area (Å²) in [6.07, 6.45) is 4.35. The van der Waals surface area contributed by atoms with E-state index >= 15 is 0 Å². The molecule has 4 aromatic rings. The fraction of sp³-hybridized carbons (Fsp3) is 0.200. The third-order valence-corrected chi connectivity index (χ3v) is 8.54. The highest BCUT2D eigenvalue weighted by Gasteiger charge is 2.22. The van der Waals surface area contributed by atoms with Gasteiger partial charge in [0.1, 0.15) is 22.2 Å². The Morgan fingerprint density at radius 2 is 1.62 bits per heavy atom. The highest BCUT2D eigenvalue weighted by Crippen LogP contribution is 2.38. The van der Waals surface area contributed by atoms with E-state index in [1.165, 1.54) is 28.0 Å². The first-order chi connectivity index (χ1) is 18.2. The predicted octanol–water partition coefficient (Wildman–Crippen LogP) is 7.22. The van der Waals surface area contributed by atoms with E-state index in [1.54, 1.807) is 0 Å². The van der Waals surface area contributed by atoms with Crippen LogP contribution in [0.1, 0.15) is 40.8 Å². The fourth-order valence-electron chi connectivity index (χ4n) is 4.54. The summed E-state index contributed by atoms with van der Waals surface area (Å²) < 4.78 is 0. The molecule has 0 saturated heterocycles. The van der Waals surface area contributed by atoms with Crippen molar-refractivity contribution in [1.82, 2.24) is 4.98 Å². The number of nitrogens with one attached hydrogen (secondary N) is 1. The van der Waals surface area contributed by atoms with Crippen LogP contribution in [0.2, 0.25) is 0 Å².